The second-order valence-electron chi connectivity index (χ2n) is 9.34. The molecule has 1 atom stereocenters. The van der Waals surface area contributed by atoms with Gasteiger partial charge in [0, 0.05) is 18.8 Å². The fourth-order valence-corrected chi connectivity index (χ4v) is 5.57. The van der Waals surface area contributed by atoms with Crippen LogP contribution in [0.3, 0.4) is 0 Å². The standard InChI is InChI=1S/C24H28FN3O4S/c1-15-4-9-23(26-13-15)28-10-2-3-17(14-28)32-22-12-21(25)20(11-19(22)16-5-6-16)24(29)27-33(30,31)18-7-8-18/h4,9,11-13,16-18H,2-3,5-8,10,14H2,1H3,(H,27,29)/t17-/m1/s1. The molecule has 33 heavy (non-hydrogen) atoms. The van der Waals surface area contributed by atoms with Crippen LogP contribution in [0.2, 0.25) is 0 Å². The SMILES string of the molecule is Cc1ccc(N2CCC[C@@H](Oc3cc(F)c(C(=O)NS(=O)(=O)C4CC4)cc3C3CC3)C2)nc1. The average molecular weight is 474 g/mol. The Kier molecular flexibility index (Phi) is 5.76. The van der Waals surface area contributed by atoms with E-state index in [1.807, 2.05) is 30.0 Å². The number of piperidine rings is 1. The predicted octanol–water partition coefficient (Wildman–Crippen LogP) is 3.68. The number of aryl methyl sites for hydroxylation is 1. The number of sulfonamides is 1. The molecule has 2 saturated carbocycles. The molecule has 0 bridgehead atoms. The maximum Gasteiger partial charge on any atom is 0.267 e. The molecule has 5 rings (SSSR count). The van der Waals surface area contributed by atoms with Crippen LogP contribution in [0, 0.1) is 12.7 Å². The minimum Gasteiger partial charge on any atom is -0.488 e. The van der Waals surface area contributed by atoms with Crippen LogP contribution in [0.4, 0.5) is 10.2 Å². The molecular weight excluding hydrogens is 445 g/mol. The van der Waals surface area contributed by atoms with E-state index in [9.17, 15) is 17.6 Å². The summed E-state index contributed by atoms with van der Waals surface area (Å²) in [4.78, 5) is 19.2. The first-order valence-corrected chi connectivity index (χ1v) is 13.1. The Hall–Kier alpha value is -2.68. The van der Waals surface area contributed by atoms with Gasteiger partial charge in [-0.05, 0) is 74.6 Å². The normalized spacial score (nSPS) is 21.0. The van der Waals surface area contributed by atoms with E-state index in [4.69, 9.17) is 4.74 Å². The van der Waals surface area contributed by atoms with E-state index in [-0.39, 0.29) is 17.6 Å². The van der Waals surface area contributed by atoms with Gasteiger partial charge in [0.15, 0.2) is 0 Å². The Morgan fingerprint density at radius 1 is 1.18 bits per heavy atom. The molecule has 1 aromatic heterocycles. The number of benzene rings is 1. The molecule has 7 nitrogen and oxygen atoms in total. The van der Waals surface area contributed by atoms with E-state index < -0.39 is 27.0 Å². The van der Waals surface area contributed by atoms with Crippen LogP contribution in [-0.2, 0) is 10.0 Å². The van der Waals surface area contributed by atoms with Crippen molar-refractivity contribution in [3.8, 4) is 5.75 Å². The lowest BCUT2D eigenvalue weighted by Crippen LogP contribution is -2.41. The van der Waals surface area contributed by atoms with Gasteiger partial charge in [-0.1, -0.05) is 6.07 Å². The van der Waals surface area contributed by atoms with Gasteiger partial charge in [0.1, 0.15) is 23.5 Å². The number of nitrogens with zero attached hydrogens (tertiary/aromatic N) is 2. The summed E-state index contributed by atoms with van der Waals surface area (Å²) >= 11 is 0. The fraction of sp³-hybridized carbons (Fsp3) is 0.500. The van der Waals surface area contributed by atoms with Crippen LogP contribution in [0.1, 0.15) is 65.9 Å². The Morgan fingerprint density at radius 2 is 1.97 bits per heavy atom. The molecule has 1 saturated heterocycles. The number of hydrogen-bond donors (Lipinski definition) is 1. The first-order chi connectivity index (χ1) is 15.8. The molecule has 1 amide bonds. The fourth-order valence-electron chi connectivity index (χ4n) is 4.28. The molecule has 1 aromatic carbocycles. The highest BCUT2D eigenvalue weighted by Crippen LogP contribution is 2.45. The summed E-state index contributed by atoms with van der Waals surface area (Å²) in [6.07, 6.45) is 6.42. The van der Waals surface area contributed by atoms with Crippen LogP contribution >= 0.6 is 0 Å². The smallest absolute Gasteiger partial charge is 0.267 e. The summed E-state index contributed by atoms with van der Waals surface area (Å²) < 4.78 is 47.5. The molecule has 2 aromatic rings. The number of carbonyl (C=O) groups excluding carboxylic acids is 1. The molecule has 1 N–H and O–H groups in total. The summed E-state index contributed by atoms with van der Waals surface area (Å²) in [5, 5.41) is -0.549. The van der Waals surface area contributed by atoms with E-state index in [1.54, 1.807) is 0 Å². The van der Waals surface area contributed by atoms with Crippen LogP contribution in [0.5, 0.6) is 5.75 Å². The second-order valence-corrected chi connectivity index (χ2v) is 11.3. The third-order valence-corrected chi connectivity index (χ3v) is 8.27. The van der Waals surface area contributed by atoms with Gasteiger partial charge in [-0.15, -0.1) is 0 Å². The lowest BCUT2D eigenvalue weighted by atomic mass is 10.0. The summed E-state index contributed by atoms with van der Waals surface area (Å²) in [7, 11) is -3.75. The summed E-state index contributed by atoms with van der Waals surface area (Å²) in [5.41, 5.74) is 1.63. The second kappa shape index (κ2) is 8.59. The van der Waals surface area contributed by atoms with E-state index >= 15 is 0 Å². The van der Waals surface area contributed by atoms with Crippen molar-refractivity contribution in [1.82, 2.24) is 9.71 Å². The Morgan fingerprint density at radius 3 is 2.64 bits per heavy atom. The molecule has 176 valence electrons. The zero-order valence-electron chi connectivity index (χ0n) is 18.6. The molecule has 2 aliphatic carbocycles. The third kappa shape index (κ3) is 4.98. The molecule has 2 heterocycles. The van der Waals surface area contributed by atoms with Gasteiger partial charge in [-0.25, -0.2) is 22.5 Å². The highest BCUT2D eigenvalue weighted by molar-refractivity contribution is 7.91. The van der Waals surface area contributed by atoms with Gasteiger partial charge < -0.3 is 9.64 Å². The number of hydrogen-bond acceptors (Lipinski definition) is 6. The van der Waals surface area contributed by atoms with Crippen molar-refractivity contribution in [1.29, 1.82) is 0 Å². The van der Waals surface area contributed by atoms with Crippen molar-refractivity contribution in [3.05, 3.63) is 53.0 Å². The molecular formula is C24H28FN3O4S. The highest BCUT2D eigenvalue weighted by Gasteiger charge is 2.38. The highest BCUT2D eigenvalue weighted by atomic mass is 32.2. The summed E-state index contributed by atoms with van der Waals surface area (Å²) in [6, 6.07) is 6.74. The van der Waals surface area contributed by atoms with Gasteiger partial charge in [-0.3, -0.25) is 4.79 Å². The van der Waals surface area contributed by atoms with Crippen LogP contribution < -0.4 is 14.4 Å². The Bertz CT molecular complexity index is 1160. The first-order valence-electron chi connectivity index (χ1n) is 11.5. The zero-order chi connectivity index (χ0) is 23.2. The molecule has 3 fully saturated rings. The van der Waals surface area contributed by atoms with Crippen molar-refractivity contribution in [3.63, 3.8) is 0 Å². The third-order valence-electron chi connectivity index (χ3n) is 6.45. The molecule has 0 unspecified atom stereocenters. The van der Waals surface area contributed by atoms with Crippen LogP contribution in [0.25, 0.3) is 0 Å². The summed E-state index contributed by atoms with van der Waals surface area (Å²) in [6.45, 7) is 3.52. The molecule has 3 aliphatic rings. The minimum atomic E-state index is -3.75. The Balaban J connectivity index is 1.34. The topological polar surface area (TPSA) is 88.6 Å². The lowest BCUT2D eigenvalue weighted by Gasteiger charge is -2.34. The largest absolute Gasteiger partial charge is 0.488 e. The van der Waals surface area contributed by atoms with Crippen molar-refractivity contribution in [2.45, 2.75) is 62.7 Å². The molecule has 0 radical (unpaired) electrons. The number of pyridine rings is 1. The number of ether oxygens (including phenoxy) is 1. The van der Waals surface area contributed by atoms with Crippen LogP contribution in [0.15, 0.2) is 30.5 Å². The molecule has 1 aliphatic heterocycles. The maximum atomic E-state index is 14.9. The number of carbonyl (C=O) groups is 1. The average Bonchev–Trinajstić information content (AvgIpc) is 3.67. The summed E-state index contributed by atoms with van der Waals surface area (Å²) in [5.74, 6) is -0.148. The number of halogens is 1. The Labute approximate surface area is 193 Å². The van der Waals surface area contributed by atoms with E-state index in [1.165, 1.54) is 12.1 Å². The van der Waals surface area contributed by atoms with Crippen LogP contribution in [-0.4, -0.2) is 43.8 Å². The predicted molar refractivity (Wildman–Crippen MR) is 123 cm³/mol. The van der Waals surface area contributed by atoms with Gasteiger partial charge in [0.05, 0.1) is 17.4 Å². The van der Waals surface area contributed by atoms with Gasteiger partial charge >= 0.3 is 0 Å². The number of aromatic nitrogens is 1. The lowest BCUT2D eigenvalue weighted by molar-refractivity contribution is 0.0977. The van der Waals surface area contributed by atoms with E-state index in [0.29, 0.717) is 25.1 Å². The van der Waals surface area contributed by atoms with Gasteiger partial charge in [-0.2, -0.15) is 0 Å². The number of rotatable bonds is 7. The van der Waals surface area contributed by atoms with E-state index in [0.717, 1.165) is 49.2 Å². The monoisotopic (exact) mass is 473 g/mol. The van der Waals surface area contributed by atoms with Crippen molar-refractivity contribution in [2.75, 3.05) is 18.0 Å². The van der Waals surface area contributed by atoms with Gasteiger partial charge in [0.25, 0.3) is 5.91 Å². The van der Waals surface area contributed by atoms with Gasteiger partial charge in [0.2, 0.25) is 10.0 Å². The quantitative estimate of drug-likeness (QED) is 0.660. The number of amides is 1. The number of nitrogens with one attached hydrogen (secondary N) is 1. The van der Waals surface area contributed by atoms with Crippen molar-refractivity contribution < 1.29 is 22.3 Å². The van der Waals surface area contributed by atoms with Crippen molar-refractivity contribution in [2.24, 2.45) is 0 Å². The maximum absolute atomic E-state index is 14.9. The molecule has 9 heteroatoms. The number of anilines is 1. The van der Waals surface area contributed by atoms with E-state index in [2.05, 4.69) is 9.88 Å². The van der Waals surface area contributed by atoms with Crippen molar-refractivity contribution >= 4 is 21.7 Å². The zero-order valence-corrected chi connectivity index (χ0v) is 19.4. The minimum absolute atomic E-state index is 0.131. The first kappa shape index (κ1) is 22.1. The molecule has 0 spiro atoms.